The normalized spacial score (nSPS) is 17.9. The zero-order chi connectivity index (χ0) is 24.5. The highest BCUT2D eigenvalue weighted by molar-refractivity contribution is 5.83. The second kappa shape index (κ2) is 9.24. The maximum Gasteiger partial charge on any atom is 0.242 e. The van der Waals surface area contributed by atoms with E-state index in [1.54, 1.807) is 12.1 Å². The van der Waals surface area contributed by atoms with Gasteiger partial charge in [-0.3, -0.25) is 0 Å². The highest BCUT2D eigenvalue weighted by atomic mass is 19.1. The van der Waals surface area contributed by atoms with E-state index >= 15 is 0 Å². The predicted molar refractivity (Wildman–Crippen MR) is 134 cm³/mol. The van der Waals surface area contributed by atoms with E-state index in [2.05, 4.69) is 50.4 Å². The minimum Gasteiger partial charge on any atom is -0.434 e. The van der Waals surface area contributed by atoms with E-state index in [9.17, 15) is 9.65 Å². The molecule has 0 radical (unpaired) electrons. The third kappa shape index (κ3) is 4.61. The summed E-state index contributed by atoms with van der Waals surface area (Å²) in [4.78, 5) is 13.7. The molecule has 9 heteroatoms. The van der Waals surface area contributed by atoms with Crippen LogP contribution in [0, 0.1) is 24.1 Å². The topological polar surface area (TPSA) is 102 Å². The Morgan fingerprint density at radius 1 is 1.11 bits per heavy atom. The first-order valence-corrected chi connectivity index (χ1v) is 11.5. The number of aromatic nitrogens is 3. The fourth-order valence-corrected chi connectivity index (χ4v) is 4.54. The van der Waals surface area contributed by atoms with Gasteiger partial charge in [0.2, 0.25) is 5.88 Å². The lowest BCUT2D eigenvalue weighted by molar-refractivity contribution is 0.407. The van der Waals surface area contributed by atoms with E-state index in [0.29, 0.717) is 23.0 Å². The highest BCUT2D eigenvalue weighted by Crippen LogP contribution is 2.33. The van der Waals surface area contributed by atoms with Gasteiger partial charge in [0, 0.05) is 53.1 Å². The summed E-state index contributed by atoms with van der Waals surface area (Å²) in [5, 5.41) is 16.9. The van der Waals surface area contributed by atoms with Crippen molar-refractivity contribution in [2.75, 3.05) is 23.3 Å². The summed E-state index contributed by atoms with van der Waals surface area (Å²) in [5.41, 5.74) is 3.50. The van der Waals surface area contributed by atoms with Crippen LogP contribution in [0.15, 0.2) is 48.8 Å². The smallest absolute Gasteiger partial charge is 0.242 e. The van der Waals surface area contributed by atoms with Gasteiger partial charge in [-0.2, -0.15) is 5.26 Å². The van der Waals surface area contributed by atoms with Gasteiger partial charge in [-0.15, -0.1) is 0 Å². The van der Waals surface area contributed by atoms with Crippen molar-refractivity contribution in [3.05, 3.63) is 65.9 Å². The summed E-state index contributed by atoms with van der Waals surface area (Å²) in [5.74, 6) is -0.262. The molecule has 0 aliphatic carbocycles. The molecule has 0 saturated carbocycles. The van der Waals surface area contributed by atoms with Crippen molar-refractivity contribution < 1.29 is 9.13 Å². The average molecular weight is 472 g/mol. The summed E-state index contributed by atoms with van der Waals surface area (Å²) < 4.78 is 20.7. The SMILES string of the molecule is Cc1cc2c(F)c(Oc3ncnc(Nc4ccc(N5C[C@@H](C)N[C@@H](C)C5)cc4)c3C#N)ccc2[nH]1. The van der Waals surface area contributed by atoms with Crippen LogP contribution in [0.5, 0.6) is 11.6 Å². The molecule has 35 heavy (non-hydrogen) atoms. The quantitative estimate of drug-likeness (QED) is 0.376. The van der Waals surface area contributed by atoms with Crippen molar-refractivity contribution in [1.82, 2.24) is 20.3 Å². The number of ether oxygens (including phenoxy) is 1. The summed E-state index contributed by atoms with van der Waals surface area (Å²) in [6.45, 7) is 8.09. The standard InChI is InChI=1S/C26H26FN7O/c1-15-10-20-22(32-15)8-9-23(24(20)27)35-26-21(11-28)25(29-14-30-26)33-18-4-6-19(7-5-18)34-12-16(2)31-17(3)13-34/h4-10,14,16-17,31-32H,12-13H2,1-3H3,(H,29,30,33)/t16-,17+. The number of fused-ring (bicyclic) bond motifs is 1. The number of rotatable bonds is 5. The lowest BCUT2D eigenvalue weighted by Gasteiger charge is -2.37. The summed E-state index contributed by atoms with van der Waals surface area (Å²) in [7, 11) is 0. The van der Waals surface area contributed by atoms with Crippen LogP contribution in [0.4, 0.5) is 21.6 Å². The lowest BCUT2D eigenvalue weighted by Crippen LogP contribution is -2.54. The summed E-state index contributed by atoms with van der Waals surface area (Å²) in [6, 6.07) is 15.8. The first kappa shape index (κ1) is 22.6. The number of benzene rings is 2. The minimum atomic E-state index is -0.518. The van der Waals surface area contributed by atoms with Gasteiger partial charge in [0.15, 0.2) is 22.9 Å². The van der Waals surface area contributed by atoms with Crippen molar-refractivity contribution in [3.8, 4) is 17.7 Å². The van der Waals surface area contributed by atoms with Gasteiger partial charge in [0.1, 0.15) is 12.4 Å². The Labute approximate surface area is 202 Å². The molecular formula is C26H26FN7O. The maximum atomic E-state index is 15.0. The fraction of sp³-hybridized carbons (Fsp3) is 0.269. The van der Waals surface area contributed by atoms with Crippen LogP contribution in [-0.2, 0) is 0 Å². The lowest BCUT2D eigenvalue weighted by atomic mass is 10.1. The van der Waals surface area contributed by atoms with Gasteiger partial charge in [0.25, 0.3) is 0 Å². The second-order valence-electron chi connectivity index (χ2n) is 8.95. The van der Waals surface area contributed by atoms with Crippen molar-refractivity contribution in [2.45, 2.75) is 32.9 Å². The molecule has 3 N–H and O–H groups in total. The number of nitrogens with one attached hydrogen (secondary N) is 3. The minimum absolute atomic E-state index is 0.0125. The molecule has 0 bridgehead atoms. The molecule has 8 nitrogen and oxygen atoms in total. The number of piperazine rings is 1. The maximum absolute atomic E-state index is 15.0. The Bertz CT molecular complexity index is 1400. The first-order valence-electron chi connectivity index (χ1n) is 11.5. The van der Waals surface area contributed by atoms with Gasteiger partial charge < -0.3 is 25.3 Å². The molecule has 178 valence electrons. The molecule has 5 rings (SSSR count). The second-order valence-corrected chi connectivity index (χ2v) is 8.95. The predicted octanol–water partition coefficient (Wildman–Crippen LogP) is 5.00. The molecule has 4 aromatic rings. The largest absolute Gasteiger partial charge is 0.434 e. The molecule has 1 saturated heterocycles. The van der Waals surface area contributed by atoms with Crippen molar-refractivity contribution in [3.63, 3.8) is 0 Å². The van der Waals surface area contributed by atoms with Crippen LogP contribution in [0.25, 0.3) is 10.9 Å². The van der Waals surface area contributed by atoms with Gasteiger partial charge >= 0.3 is 0 Å². The number of halogens is 1. The molecule has 2 aromatic heterocycles. The van der Waals surface area contributed by atoms with Crippen LogP contribution in [0.3, 0.4) is 0 Å². The van der Waals surface area contributed by atoms with Crippen molar-refractivity contribution in [1.29, 1.82) is 5.26 Å². The molecular weight excluding hydrogens is 445 g/mol. The first-order chi connectivity index (χ1) is 16.9. The van der Waals surface area contributed by atoms with Gasteiger partial charge in [-0.1, -0.05) is 0 Å². The van der Waals surface area contributed by atoms with Crippen LogP contribution >= 0.6 is 0 Å². The number of nitrogens with zero attached hydrogens (tertiary/aromatic N) is 4. The van der Waals surface area contributed by atoms with Gasteiger partial charge in [-0.25, -0.2) is 14.4 Å². The summed E-state index contributed by atoms with van der Waals surface area (Å²) >= 11 is 0. The molecule has 0 unspecified atom stereocenters. The van der Waals surface area contributed by atoms with Gasteiger partial charge in [-0.05, 0) is 63.2 Å². The number of aryl methyl sites for hydroxylation is 1. The third-order valence-corrected chi connectivity index (χ3v) is 6.02. The monoisotopic (exact) mass is 471 g/mol. The van der Waals surface area contributed by atoms with E-state index < -0.39 is 5.82 Å². The van der Waals surface area contributed by atoms with E-state index in [4.69, 9.17) is 4.74 Å². The number of H-pyrrole nitrogens is 1. The van der Waals surface area contributed by atoms with E-state index in [1.165, 1.54) is 12.4 Å². The van der Waals surface area contributed by atoms with Crippen molar-refractivity contribution >= 4 is 28.1 Å². The number of aromatic amines is 1. The zero-order valence-corrected chi connectivity index (χ0v) is 19.8. The molecule has 3 heterocycles. The molecule has 1 aliphatic heterocycles. The Hall–Kier alpha value is -4.16. The van der Waals surface area contributed by atoms with Crippen LogP contribution in [0.1, 0.15) is 25.1 Å². The Kier molecular flexibility index (Phi) is 5.97. The average Bonchev–Trinajstić information content (AvgIpc) is 3.22. The molecule has 1 fully saturated rings. The van der Waals surface area contributed by atoms with Crippen LogP contribution in [-0.4, -0.2) is 40.1 Å². The van der Waals surface area contributed by atoms with Crippen LogP contribution in [0.2, 0.25) is 0 Å². The van der Waals surface area contributed by atoms with Crippen LogP contribution < -0.4 is 20.3 Å². The fourth-order valence-electron chi connectivity index (χ4n) is 4.54. The molecule has 0 amide bonds. The molecule has 0 spiro atoms. The molecule has 2 aromatic carbocycles. The van der Waals surface area contributed by atoms with E-state index in [-0.39, 0.29) is 23.0 Å². The van der Waals surface area contributed by atoms with Gasteiger partial charge in [0.05, 0.1) is 0 Å². The van der Waals surface area contributed by atoms with E-state index in [0.717, 1.165) is 30.2 Å². The number of nitriles is 1. The molecule has 1 aliphatic rings. The third-order valence-electron chi connectivity index (χ3n) is 6.02. The Morgan fingerprint density at radius 3 is 2.57 bits per heavy atom. The zero-order valence-electron chi connectivity index (χ0n) is 19.8. The Balaban J connectivity index is 1.37. The van der Waals surface area contributed by atoms with E-state index in [1.807, 2.05) is 31.2 Å². The summed E-state index contributed by atoms with van der Waals surface area (Å²) in [6.07, 6.45) is 1.28. The Morgan fingerprint density at radius 2 is 1.86 bits per heavy atom. The number of anilines is 3. The number of hydrogen-bond donors (Lipinski definition) is 3. The van der Waals surface area contributed by atoms with Crippen molar-refractivity contribution in [2.24, 2.45) is 0 Å². The molecule has 2 atom stereocenters. The highest BCUT2D eigenvalue weighted by Gasteiger charge is 2.21. The number of hydrogen-bond acceptors (Lipinski definition) is 7.